The van der Waals surface area contributed by atoms with E-state index in [9.17, 15) is 13.2 Å². The van der Waals surface area contributed by atoms with Gasteiger partial charge in [0.15, 0.2) is 21.5 Å². The zero-order valence-electron chi connectivity index (χ0n) is 27.4. The predicted octanol–water partition coefficient (Wildman–Crippen LogP) is 6.06. The van der Waals surface area contributed by atoms with Gasteiger partial charge < -0.3 is 14.6 Å². The number of hydrazine groups is 1. The molecule has 0 radical (unpaired) electrons. The number of benzene rings is 5. The van der Waals surface area contributed by atoms with Crippen LogP contribution in [-0.2, 0) is 25.9 Å². The molecule has 0 aromatic heterocycles. The van der Waals surface area contributed by atoms with Crippen molar-refractivity contribution in [1.29, 1.82) is 0 Å². The van der Waals surface area contributed by atoms with E-state index >= 15 is 0 Å². The second-order valence-electron chi connectivity index (χ2n) is 12.0. The molecule has 1 heterocycles. The Labute approximate surface area is 292 Å². The van der Waals surface area contributed by atoms with Crippen LogP contribution in [0.5, 0.6) is 5.75 Å². The van der Waals surface area contributed by atoms with Gasteiger partial charge in [-0.2, -0.15) is 0 Å². The highest BCUT2D eigenvalue weighted by Gasteiger charge is 2.53. The summed E-state index contributed by atoms with van der Waals surface area (Å²) in [5.41, 5.74) is 8.42. The Balaban J connectivity index is 1.38. The van der Waals surface area contributed by atoms with Gasteiger partial charge in [-0.15, -0.1) is 0 Å². The van der Waals surface area contributed by atoms with Crippen molar-refractivity contribution in [2.24, 2.45) is 4.99 Å². The van der Waals surface area contributed by atoms with Gasteiger partial charge in [0, 0.05) is 31.6 Å². The highest BCUT2D eigenvalue weighted by molar-refractivity contribution is 7.91. The number of carbonyl (C=O) groups excluding carboxylic acids is 1. The van der Waals surface area contributed by atoms with Gasteiger partial charge in [-0.05, 0) is 58.7 Å². The molecule has 1 aliphatic rings. The maximum Gasteiger partial charge on any atom is 0.266 e. The third-order valence-corrected chi connectivity index (χ3v) is 10.3. The molecule has 10 heteroatoms. The first-order valence-electron chi connectivity index (χ1n) is 16.5. The normalized spacial score (nSPS) is 17.1. The molecule has 1 aliphatic heterocycles. The smallest absolute Gasteiger partial charge is 0.266 e. The Bertz CT molecular complexity index is 1990. The number of aliphatic imine (C=N–C) groups is 1. The summed E-state index contributed by atoms with van der Waals surface area (Å²) in [5.74, 6) is -0.0523. The minimum Gasteiger partial charge on any atom is -0.494 e. The van der Waals surface area contributed by atoms with Crippen LogP contribution < -0.4 is 15.6 Å². The first-order chi connectivity index (χ1) is 24.4. The first-order valence-corrected chi connectivity index (χ1v) is 18.1. The van der Waals surface area contributed by atoms with Crippen molar-refractivity contribution in [1.82, 2.24) is 10.9 Å². The molecule has 0 unspecified atom stereocenters. The standard InChI is InChI=1S/C40H39N3O6S/c44-26-10-27-48-35-23-21-34(22-24-35)38-42-40(25-28-50(46,47)36-15-8-3-9-16-36,39(45)43-41-29-30-11-4-1-5-12-30)37(49-38)33-19-17-32(18-20-33)31-13-6-2-7-14-31/h1-9,11-24,37,41,44H,10,25-29H2,(H,43,45)/t37-,40-/m0/s1. The number of aliphatic hydroxyl groups is 1. The van der Waals surface area contributed by atoms with E-state index < -0.39 is 27.4 Å². The quantitative estimate of drug-likeness (QED) is 0.0902. The van der Waals surface area contributed by atoms with Gasteiger partial charge in [0.2, 0.25) is 5.90 Å². The minimum absolute atomic E-state index is 0.0286. The number of hydrogen-bond acceptors (Lipinski definition) is 8. The van der Waals surface area contributed by atoms with Crippen molar-refractivity contribution in [3.05, 3.63) is 156 Å². The van der Waals surface area contributed by atoms with Crippen LogP contribution in [0, 0.1) is 0 Å². The van der Waals surface area contributed by atoms with Crippen molar-refractivity contribution < 1.29 is 27.8 Å². The third-order valence-electron chi connectivity index (χ3n) is 8.54. The number of hydrogen-bond donors (Lipinski definition) is 3. The highest BCUT2D eigenvalue weighted by Crippen LogP contribution is 2.43. The Morgan fingerprint density at radius 2 is 1.38 bits per heavy atom. The van der Waals surface area contributed by atoms with Crippen molar-refractivity contribution in [2.45, 2.75) is 35.9 Å². The number of nitrogens with one attached hydrogen (secondary N) is 2. The maximum absolute atomic E-state index is 14.5. The Hall–Kier alpha value is -5.29. The molecule has 9 nitrogen and oxygen atoms in total. The number of ether oxygens (including phenoxy) is 2. The summed E-state index contributed by atoms with van der Waals surface area (Å²) < 4.78 is 39.5. The maximum atomic E-state index is 14.5. The minimum atomic E-state index is -3.79. The van der Waals surface area contributed by atoms with Crippen LogP contribution in [0.4, 0.5) is 0 Å². The van der Waals surface area contributed by atoms with Crippen LogP contribution in [-0.4, -0.2) is 49.8 Å². The fraction of sp³-hybridized carbons (Fsp3) is 0.200. The summed E-state index contributed by atoms with van der Waals surface area (Å²) in [6.45, 7) is 0.737. The third kappa shape index (κ3) is 8.11. The summed E-state index contributed by atoms with van der Waals surface area (Å²) >= 11 is 0. The molecule has 50 heavy (non-hydrogen) atoms. The molecular formula is C40H39N3O6S. The number of aliphatic hydroxyl groups excluding tert-OH is 1. The van der Waals surface area contributed by atoms with E-state index in [1.54, 1.807) is 54.6 Å². The van der Waals surface area contributed by atoms with Gasteiger partial charge >= 0.3 is 0 Å². The lowest BCUT2D eigenvalue weighted by atomic mass is 9.84. The van der Waals surface area contributed by atoms with Crippen LogP contribution in [0.25, 0.3) is 11.1 Å². The lowest BCUT2D eigenvalue weighted by molar-refractivity contribution is -0.130. The molecule has 256 valence electrons. The molecule has 0 spiro atoms. The average molecular weight is 690 g/mol. The van der Waals surface area contributed by atoms with Gasteiger partial charge in [-0.1, -0.05) is 103 Å². The highest BCUT2D eigenvalue weighted by atomic mass is 32.2. The molecule has 0 saturated heterocycles. The largest absolute Gasteiger partial charge is 0.494 e. The Morgan fingerprint density at radius 1 is 0.780 bits per heavy atom. The second-order valence-corrected chi connectivity index (χ2v) is 14.1. The van der Waals surface area contributed by atoms with Crippen LogP contribution in [0.3, 0.4) is 0 Å². The molecule has 3 N–H and O–H groups in total. The van der Waals surface area contributed by atoms with Crippen molar-refractivity contribution >= 4 is 21.6 Å². The average Bonchev–Trinajstić information content (AvgIpc) is 3.57. The molecule has 5 aromatic carbocycles. The Kier molecular flexibility index (Phi) is 11.0. The number of nitrogens with zero attached hydrogens (tertiary/aromatic N) is 1. The van der Waals surface area contributed by atoms with E-state index in [2.05, 4.69) is 10.9 Å². The monoisotopic (exact) mass is 689 g/mol. The van der Waals surface area contributed by atoms with Gasteiger partial charge in [0.05, 0.1) is 17.3 Å². The fourth-order valence-corrected chi connectivity index (χ4v) is 7.20. The van der Waals surface area contributed by atoms with Crippen LogP contribution in [0.15, 0.2) is 149 Å². The summed E-state index contributed by atoms with van der Waals surface area (Å²) in [6, 6.07) is 42.6. The summed E-state index contributed by atoms with van der Waals surface area (Å²) in [6.07, 6.45) is -0.600. The van der Waals surface area contributed by atoms with Gasteiger partial charge in [0.25, 0.3) is 5.91 Å². The summed E-state index contributed by atoms with van der Waals surface area (Å²) in [4.78, 5) is 19.6. The van der Waals surface area contributed by atoms with E-state index in [1.807, 2.05) is 84.9 Å². The number of rotatable bonds is 15. The van der Waals surface area contributed by atoms with Crippen LogP contribution >= 0.6 is 0 Å². The zero-order valence-corrected chi connectivity index (χ0v) is 28.3. The summed E-state index contributed by atoms with van der Waals surface area (Å²) in [5, 5.41) is 9.10. The topological polar surface area (TPSA) is 126 Å². The number of carbonyl (C=O) groups is 1. The van der Waals surface area contributed by atoms with Gasteiger partial charge in [0.1, 0.15) is 5.75 Å². The second kappa shape index (κ2) is 15.9. The van der Waals surface area contributed by atoms with Crippen molar-refractivity contribution in [3.8, 4) is 16.9 Å². The summed E-state index contributed by atoms with van der Waals surface area (Å²) in [7, 11) is -3.79. The molecule has 2 atom stereocenters. The number of sulfone groups is 1. The van der Waals surface area contributed by atoms with Crippen LogP contribution in [0.2, 0.25) is 0 Å². The lowest BCUT2D eigenvalue weighted by Gasteiger charge is -2.30. The molecule has 0 aliphatic carbocycles. The molecule has 0 saturated carbocycles. The fourth-order valence-electron chi connectivity index (χ4n) is 5.82. The van der Waals surface area contributed by atoms with Crippen LogP contribution in [0.1, 0.15) is 35.6 Å². The molecule has 1 amide bonds. The lowest BCUT2D eigenvalue weighted by Crippen LogP contribution is -2.53. The van der Waals surface area contributed by atoms with Gasteiger partial charge in [-0.25, -0.2) is 18.8 Å². The predicted molar refractivity (Wildman–Crippen MR) is 193 cm³/mol. The van der Waals surface area contributed by atoms with Crippen molar-refractivity contribution in [2.75, 3.05) is 19.0 Å². The molecule has 0 fully saturated rings. The van der Waals surface area contributed by atoms with E-state index in [4.69, 9.17) is 19.6 Å². The molecular weight excluding hydrogens is 651 g/mol. The first kappa shape index (κ1) is 34.6. The van der Waals surface area contributed by atoms with E-state index in [0.717, 1.165) is 16.7 Å². The molecule has 0 bridgehead atoms. The SMILES string of the molecule is O=C(NNCc1ccccc1)[C@@]1(CCS(=O)(=O)c2ccccc2)N=C(c2ccc(OCCCO)cc2)O[C@H]1c1ccc(-c2ccccc2)cc1. The zero-order chi connectivity index (χ0) is 34.8. The van der Waals surface area contributed by atoms with E-state index in [0.29, 0.717) is 36.4 Å². The van der Waals surface area contributed by atoms with Gasteiger partial charge in [-0.3, -0.25) is 10.2 Å². The molecule has 6 rings (SSSR count). The van der Waals surface area contributed by atoms with Crippen molar-refractivity contribution in [3.63, 3.8) is 0 Å². The Morgan fingerprint density at radius 3 is 2.04 bits per heavy atom. The van der Waals surface area contributed by atoms with E-state index in [1.165, 1.54) is 0 Å². The number of amides is 1. The van der Waals surface area contributed by atoms with E-state index in [-0.39, 0.29) is 29.6 Å². The molecule has 5 aromatic rings.